The highest BCUT2D eigenvalue weighted by atomic mass is 35.5. The number of carbonyl (C=O) groups is 2. The average Bonchev–Trinajstić information content (AvgIpc) is 3.59. The van der Waals surface area contributed by atoms with Gasteiger partial charge in [-0.15, -0.1) is 0 Å². The number of imidazole rings is 1. The quantitative estimate of drug-likeness (QED) is 0.249. The second-order valence-electron chi connectivity index (χ2n) is 9.18. The Bertz CT molecular complexity index is 1470. The monoisotopic (exact) mass is 582 g/mol. The van der Waals surface area contributed by atoms with E-state index in [0.717, 1.165) is 24.1 Å². The summed E-state index contributed by atoms with van der Waals surface area (Å²) in [5, 5.41) is 4.57. The van der Waals surface area contributed by atoms with Crippen LogP contribution in [-0.2, 0) is 9.53 Å². The molecule has 39 heavy (non-hydrogen) atoms. The van der Waals surface area contributed by atoms with Crippen LogP contribution in [0.5, 0.6) is 0 Å². The van der Waals surface area contributed by atoms with Crippen LogP contribution in [0.3, 0.4) is 0 Å². The molecule has 5 rings (SSSR count). The topological polar surface area (TPSA) is 76.5 Å². The van der Waals surface area contributed by atoms with E-state index < -0.39 is 5.91 Å². The molecule has 200 valence electrons. The van der Waals surface area contributed by atoms with Gasteiger partial charge in [-0.1, -0.05) is 53.0 Å². The molecule has 1 saturated heterocycles. The van der Waals surface area contributed by atoms with Gasteiger partial charge in [0.15, 0.2) is 0 Å². The summed E-state index contributed by atoms with van der Waals surface area (Å²) in [5.41, 5.74) is 2.62. The smallest absolute Gasteiger partial charge is 0.254 e. The van der Waals surface area contributed by atoms with Gasteiger partial charge in [0.1, 0.15) is 6.54 Å². The Balaban J connectivity index is 1.41. The largest absolute Gasteiger partial charge is 0.376 e. The predicted octanol–water partition coefficient (Wildman–Crippen LogP) is 6.76. The molecule has 4 aromatic rings. The Kier molecular flexibility index (Phi) is 8.53. The summed E-state index contributed by atoms with van der Waals surface area (Å²) in [7, 11) is 0. The van der Waals surface area contributed by atoms with E-state index in [1.807, 2.05) is 30.5 Å². The number of hydrogen-bond donors (Lipinski definition) is 1. The maximum atomic E-state index is 13.4. The number of hydrogen-bond acceptors (Lipinski definition) is 4. The van der Waals surface area contributed by atoms with Crippen LogP contribution in [0.2, 0.25) is 15.1 Å². The molecule has 0 spiro atoms. The Morgan fingerprint density at radius 1 is 0.974 bits per heavy atom. The van der Waals surface area contributed by atoms with Crippen LogP contribution in [0.1, 0.15) is 23.2 Å². The van der Waals surface area contributed by atoms with Crippen LogP contribution in [-0.4, -0.2) is 52.1 Å². The van der Waals surface area contributed by atoms with Crippen molar-refractivity contribution in [3.63, 3.8) is 0 Å². The zero-order chi connectivity index (χ0) is 27.4. The molecule has 7 nitrogen and oxygen atoms in total. The van der Waals surface area contributed by atoms with Crippen LogP contribution in [0.4, 0.5) is 5.95 Å². The molecular formula is C29H25Cl3N4O3. The first-order valence-corrected chi connectivity index (χ1v) is 13.6. The molecule has 1 aliphatic heterocycles. The van der Waals surface area contributed by atoms with E-state index in [2.05, 4.69) is 10.3 Å². The van der Waals surface area contributed by atoms with Crippen LogP contribution in [0.15, 0.2) is 79.0 Å². The zero-order valence-corrected chi connectivity index (χ0v) is 23.1. The third kappa shape index (κ3) is 6.81. The van der Waals surface area contributed by atoms with Gasteiger partial charge < -0.3 is 9.64 Å². The average molecular weight is 584 g/mol. The molecule has 1 aromatic heterocycles. The first kappa shape index (κ1) is 27.2. The summed E-state index contributed by atoms with van der Waals surface area (Å²) in [6.45, 7) is 0.762. The second-order valence-corrected chi connectivity index (χ2v) is 10.5. The van der Waals surface area contributed by atoms with Crippen LogP contribution in [0.25, 0.3) is 16.9 Å². The SMILES string of the molecule is O=C(CN(CC1CCCO1)C(=O)c1ccc(Cl)cc1)Nc1nc(-c2ccc(Cl)cc2)cn1-c1cccc(Cl)c1. The number of nitrogens with zero attached hydrogens (tertiary/aromatic N) is 3. The molecule has 1 unspecified atom stereocenters. The molecule has 1 N–H and O–H groups in total. The molecular weight excluding hydrogens is 559 g/mol. The lowest BCUT2D eigenvalue weighted by molar-refractivity contribution is -0.117. The van der Waals surface area contributed by atoms with Gasteiger partial charge in [0.25, 0.3) is 5.91 Å². The fraction of sp³-hybridized carbons (Fsp3) is 0.207. The van der Waals surface area contributed by atoms with E-state index in [9.17, 15) is 9.59 Å². The number of aromatic nitrogens is 2. The first-order chi connectivity index (χ1) is 18.9. The van der Waals surface area contributed by atoms with E-state index >= 15 is 0 Å². The summed E-state index contributed by atoms with van der Waals surface area (Å²) in [5.74, 6) is -0.382. The van der Waals surface area contributed by atoms with Crippen molar-refractivity contribution >= 4 is 52.6 Å². The maximum Gasteiger partial charge on any atom is 0.254 e. The Morgan fingerprint density at radius 2 is 1.69 bits per heavy atom. The minimum absolute atomic E-state index is 0.126. The fourth-order valence-electron chi connectivity index (χ4n) is 4.42. The second kappa shape index (κ2) is 12.2. The lowest BCUT2D eigenvalue weighted by Crippen LogP contribution is -2.42. The van der Waals surface area contributed by atoms with Gasteiger partial charge in [-0.2, -0.15) is 0 Å². The van der Waals surface area contributed by atoms with Crippen molar-refractivity contribution in [2.45, 2.75) is 18.9 Å². The Morgan fingerprint density at radius 3 is 2.36 bits per heavy atom. The van der Waals surface area contributed by atoms with E-state index in [4.69, 9.17) is 39.5 Å². The Hall–Kier alpha value is -3.36. The molecule has 1 fully saturated rings. The third-order valence-electron chi connectivity index (χ3n) is 6.34. The molecule has 0 aliphatic carbocycles. The number of anilines is 1. The normalized spacial score (nSPS) is 14.8. The van der Waals surface area contributed by atoms with Gasteiger partial charge in [0, 0.05) is 51.2 Å². The lowest BCUT2D eigenvalue weighted by atomic mass is 10.1. The summed E-state index contributed by atoms with van der Waals surface area (Å²) in [6, 6.07) is 21.1. The minimum atomic E-state index is -0.396. The summed E-state index contributed by atoms with van der Waals surface area (Å²) in [4.78, 5) is 32.9. The molecule has 0 saturated carbocycles. The van der Waals surface area contributed by atoms with Gasteiger partial charge in [0.2, 0.25) is 11.9 Å². The van der Waals surface area contributed by atoms with Gasteiger partial charge in [-0.25, -0.2) is 4.98 Å². The first-order valence-electron chi connectivity index (χ1n) is 12.4. The highest BCUT2D eigenvalue weighted by Gasteiger charge is 2.26. The van der Waals surface area contributed by atoms with Crippen molar-refractivity contribution in [3.05, 3.63) is 99.6 Å². The maximum absolute atomic E-state index is 13.4. The summed E-state index contributed by atoms with van der Waals surface area (Å²) >= 11 is 18.3. The molecule has 0 radical (unpaired) electrons. The van der Waals surface area contributed by atoms with Crippen LogP contribution < -0.4 is 5.32 Å². The molecule has 2 heterocycles. The van der Waals surface area contributed by atoms with E-state index in [0.29, 0.717) is 45.4 Å². The molecule has 2 amide bonds. The van der Waals surface area contributed by atoms with Crippen molar-refractivity contribution < 1.29 is 14.3 Å². The van der Waals surface area contributed by atoms with Crippen molar-refractivity contribution in [2.24, 2.45) is 0 Å². The number of nitrogens with one attached hydrogen (secondary N) is 1. The summed E-state index contributed by atoms with van der Waals surface area (Å²) in [6.07, 6.45) is 3.44. The van der Waals surface area contributed by atoms with Crippen LogP contribution >= 0.6 is 34.8 Å². The van der Waals surface area contributed by atoms with Crippen molar-refractivity contribution in [2.75, 3.05) is 25.0 Å². The molecule has 1 atom stereocenters. The molecule has 0 bridgehead atoms. The van der Waals surface area contributed by atoms with Gasteiger partial charge in [-0.05, 0) is 67.4 Å². The van der Waals surface area contributed by atoms with Crippen molar-refractivity contribution in [1.82, 2.24) is 14.5 Å². The lowest BCUT2D eigenvalue weighted by Gasteiger charge is -2.25. The number of carbonyl (C=O) groups excluding carboxylic acids is 2. The highest BCUT2D eigenvalue weighted by molar-refractivity contribution is 6.31. The highest BCUT2D eigenvalue weighted by Crippen LogP contribution is 2.27. The van der Waals surface area contributed by atoms with E-state index in [1.165, 1.54) is 4.90 Å². The molecule has 3 aromatic carbocycles. The van der Waals surface area contributed by atoms with Gasteiger partial charge in [0.05, 0.1) is 11.8 Å². The van der Waals surface area contributed by atoms with Gasteiger partial charge in [-0.3, -0.25) is 19.5 Å². The fourth-order valence-corrected chi connectivity index (χ4v) is 4.85. The van der Waals surface area contributed by atoms with Crippen molar-refractivity contribution in [1.29, 1.82) is 0 Å². The third-order valence-corrected chi connectivity index (χ3v) is 7.08. The number of amides is 2. The van der Waals surface area contributed by atoms with Crippen LogP contribution in [0, 0.1) is 0 Å². The standard InChI is InChI=1S/C29H25Cl3N4O3/c30-21-10-6-19(7-11-21)26-17-36(24-4-1-3-23(32)15-24)29(33-26)34-27(37)18-35(16-25-5-2-14-39-25)28(38)20-8-12-22(31)13-9-20/h1,3-4,6-13,15,17,25H,2,5,14,16,18H2,(H,33,34,37). The summed E-state index contributed by atoms with van der Waals surface area (Å²) < 4.78 is 7.50. The van der Waals surface area contributed by atoms with E-state index in [1.54, 1.807) is 53.1 Å². The Labute approximate surface area is 241 Å². The number of rotatable bonds is 8. The number of benzene rings is 3. The molecule has 1 aliphatic rings. The van der Waals surface area contributed by atoms with Crippen molar-refractivity contribution in [3.8, 4) is 16.9 Å². The van der Waals surface area contributed by atoms with Gasteiger partial charge >= 0.3 is 0 Å². The van der Waals surface area contributed by atoms with E-state index in [-0.39, 0.29) is 18.6 Å². The number of halogens is 3. The molecule has 10 heteroatoms. The minimum Gasteiger partial charge on any atom is -0.376 e. The predicted molar refractivity (Wildman–Crippen MR) is 154 cm³/mol. The number of ether oxygens (including phenoxy) is 1. The zero-order valence-electron chi connectivity index (χ0n) is 20.8.